The van der Waals surface area contributed by atoms with Crippen LogP contribution in [0.1, 0.15) is 38.5 Å². The molecule has 1 saturated carbocycles. The molecule has 1 aliphatic heterocycles. The fraction of sp³-hybridized carbons (Fsp3) is 0.909. The lowest BCUT2D eigenvalue weighted by Crippen LogP contribution is -2.34. The summed E-state index contributed by atoms with van der Waals surface area (Å²) in [5, 5.41) is 0. The first kappa shape index (κ1) is 9.57. The van der Waals surface area contributed by atoms with Crippen LogP contribution in [0.4, 0.5) is 0 Å². The zero-order chi connectivity index (χ0) is 9.15. The van der Waals surface area contributed by atoms with Crippen LogP contribution in [0.5, 0.6) is 0 Å². The van der Waals surface area contributed by atoms with E-state index in [0.717, 1.165) is 18.8 Å². The lowest BCUT2D eigenvalue weighted by Gasteiger charge is -2.37. The van der Waals surface area contributed by atoms with Crippen molar-refractivity contribution >= 4 is 18.0 Å². The molecule has 1 saturated heterocycles. The van der Waals surface area contributed by atoms with Crippen molar-refractivity contribution in [3.05, 3.63) is 0 Å². The Morgan fingerprint density at radius 3 is 2.31 bits per heavy atom. The van der Waals surface area contributed by atoms with Crippen LogP contribution in [-0.4, -0.2) is 17.8 Å². The van der Waals surface area contributed by atoms with Crippen molar-refractivity contribution in [2.24, 2.45) is 11.3 Å². The van der Waals surface area contributed by atoms with Crippen molar-refractivity contribution in [3.63, 3.8) is 0 Å². The molecule has 0 aromatic carbocycles. The second-order valence-corrected chi connectivity index (χ2v) is 5.67. The molecule has 0 bridgehead atoms. The molecule has 13 heavy (non-hydrogen) atoms. The fourth-order valence-electron chi connectivity index (χ4n) is 2.87. The van der Waals surface area contributed by atoms with Crippen LogP contribution < -0.4 is 0 Å². The van der Waals surface area contributed by atoms with Gasteiger partial charge in [-0.15, -0.1) is 0 Å². The quantitative estimate of drug-likeness (QED) is 0.635. The third kappa shape index (κ3) is 1.78. The van der Waals surface area contributed by atoms with E-state index in [1.165, 1.54) is 43.5 Å². The fourth-order valence-corrected chi connectivity index (χ4v) is 4.13. The van der Waals surface area contributed by atoms with Crippen molar-refractivity contribution in [3.8, 4) is 0 Å². The van der Waals surface area contributed by atoms with Gasteiger partial charge in [0, 0.05) is 5.41 Å². The summed E-state index contributed by atoms with van der Waals surface area (Å²) >= 11 is 2.01. The highest BCUT2D eigenvalue weighted by molar-refractivity contribution is 7.99. The second-order valence-electron chi connectivity index (χ2n) is 4.44. The highest BCUT2D eigenvalue weighted by atomic mass is 32.2. The first-order valence-corrected chi connectivity index (χ1v) is 6.57. The van der Waals surface area contributed by atoms with Crippen molar-refractivity contribution in [1.29, 1.82) is 0 Å². The molecule has 2 heteroatoms. The SMILES string of the molecule is O=CC1(C2CCCC2)CCSCC1. The molecule has 0 aromatic heterocycles. The number of thioether (sulfide) groups is 1. The summed E-state index contributed by atoms with van der Waals surface area (Å²) in [5.41, 5.74) is 0.0990. The van der Waals surface area contributed by atoms with Gasteiger partial charge in [-0.05, 0) is 43.1 Å². The van der Waals surface area contributed by atoms with Crippen LogP contribution in [0.3, 0.4) is 0 Å². The molecule has 0 aromatic rings. The molecule has 0 radical (unpaired) electrons. The molecule has 1 aliphatic carbocycles. The summed E-state index contributed by atoms with van der Waals surface area (Å²) < 4.78 is 0. The summed E-state index contributed by atoms with van der Waals surface area (Å²) in [6, 6.07) is 0. The number of hydrogen-bond acceptors (Lipinski definition) is 2. The monoisotopic (exact) mass is 198 g/mol. The van der Waals surface area contributed by atoms with E-state index in [9.17, 15) is 4.79 Å². The average Bonchev–Trinajstić information content (AvgIpc) is 2.72. The van der Waals surface area contributed by atoms with Gasteiger partial charge in [-0.2, -0.15) is 11.8 Å². The number of aldehydes is 1. The Morgan fingerprint density at radius 1 is 1.15 bits per heavy atom. The van der Waals surface area contributed by atoms with Gasteiger partial charge < -0.3 is 4.79 Å². The maximum atomic E-state index is 11.3. The molecular weight excluding hydrogens is 180 g/mol. The maximum absolute atomic E-state index is 11.3. The van der Waals surface area contributed by atoms with Gasteiger partial charge in [-0.1, -0.05) is 12.8 Å². The number of hydrogen-bond donors (Lipinski definition) is 0. The van der Waals surface area contributed by atoms with E-state index >= 15 is 0 Å². The second kappa shape index (κ2) is 4.04. The summed E-state index contributed by atoms with van der Waals surface area (Å²) in [6.45, 7) is 0. The maximum Gasteiger partial charge on any atom is 0.126 e. The summed E-state index contributed by atoms with van der Waals surface area (Å²) in [7, 11) is 0. The van der Waals surface area contributed by atoms with E-state index in [-0.39, 0.29) is 5.41 Å². The van der Waals surface area contributed by atoms with E-state index in [4.69, 9.17) is 0 Å². The molecule has 0 amide bonds. The van der Waals surface area contributed by atoms with Gasteiger partial charge in [0.15, 0.2) is 0 Å². The van der Waals surface area contributed by atoms with Crippen molar-refractivity contribution in [2.45, 2.75) is 38.5 Å². The molecule has 0 N–H and O–H groups in total. The topological polar surface area (TPSA) is 17.1 Å². The minimum absolute atomic E-state index is 0.0990. The van der Waals surface area contributed by atoms with Crippen molar-refractivity contribution in [1.82, 2.24) is 0 Å². The van der Waals surface area contributed by atoms with Gasteiger partial charge in [0.1, 0.15) is 6.29 Å². The Labute approximate surface area is 84.7 Å². The predicted octanol–water partition coefficient (Wildman–Crippen LogP) is 2.89. The van der Waals surface area contributed by atoms with Crippen LogP contribution in [0, 0.1) is 11.3 Å². The third-order valence-corrected chi connectivity index (χ3v) is 4.81. The largest absolute Gasteiger partial charge is 0.303 e. The molecule has 1 nitrogen and oxygen atoms in total. The zero-order valence-corrected chi connectivity index (χ0v) is 8.94. The summed E-state index contributed by atoms with van der Waals surface area (Å²) in [5.74, 6) is 3.13. The van der Waals surface area contributed by atoms with Crippen LogP contribution in [-0.2, 0) is 4.79 Å². The van der Waals surface area contributed by atoms with Crippen LogP contribution in [0.2, 0.25) is 0 Å². The molecule has 0 atom stereocenters. The van der Waals surface area contributed by atoms with Crippen LogP contribution in [0.25, 0.3) is 0 Å². The minimum atomic E-state index is 0.0990. The molecule has 74 valence electrons. The lowest BCUT2D eigenvalue weighted by molar-refractivity contribution is -0.119. The predicted molar refractivity (Wildman–Crippen MR) is 57.0 cm³/mol. The van der Waals surface area contributed by atoms with Gasteiger partial charge in [0.2, 0.25) is 0 Å². The van der Waals surface area contributed by atoms with Crippen molar-refractivity contribution in [2.75, 3.05) is 11.5 Å². The molecular formula is C11H18OS. The van der Waals surface area contributed by atoms with Crippen molar-refractivity contribution < 1.29 is 4.79 Å². The zero-order valence-electron chi connectivity index (χ0n) is 8.13. The lowest BCUT2D eigenvalue weighted by atomic mass is 9.71. The van der Waals surface area contributed by atoms with E-state index in [2.05, 4.69) is 0 Å². The Kier molecular flexibility index (Phi) is 2.97. The van der Waals surface area contributed by atoms with Crippen LogP contribution >= 0.6 is 11.8 Å². The Balaban J connectivity index is 2.07. The van der Waals surface area contributed by atoms with Gasteiger partial charge in [0.05, 0.1) is 0 Å². The smallest absolute Gasteiger partial charge is 0.126 e. The molecule has 2 fully saturated rings. The summed E-state index contributed by atoms with van der Waals surface area (Å²) in [6.07, 6.45) is 8.91. The van der Waals surface area contributed by atoms with E-state index in [1.54, 1.807) is 0 Å². The van der Waals surface area contributed by atoms with Gasteiger partial charge in [0.25, 0.3) is 0 Å². The standard InChI is InChI=1S/C11H18OS/c12-9-11(5-7-13-8-6-11)10-3-1-2-4-10/h9-10H,1-8H2. The average molecular weight is 198 g/mol. The summed E-state index contributed by atoms with van der Waals surface area (Å²) in [4.78, 5) is 11.3. The van der Waals surface area contributed by atoms with Gasteiger partial charge in [-0.3, -0.25) is 0 Å². The molecule has 2 rings (SSSR count). The van der Waals surface area contributed by atoms with E-state index < -0.39 is 0 Å². The number of rotatable bonds is 2. The Hall–Kier alpha value is 0.0200. The van der Waals surface area contributed by atoms with E-state index in [1.807, 2.05) is 11.8 Å². The van der Waals surface area contributed by atoms with Gasteiger partial charge in [-0.25, -0.2) is 0 Å². The van der Waals surface area contributed by atoms with Gasteiger partial charge >= 0.3 is 0 Å². The molecule has 2 aliphatic rings. The highest BCUT2D eigenvalue weighted by Gasteiger charge is 2.40. The number of carbonyl (C=O) groups excluding carboxylic acids is 1. The Morgan fingerprint density at radius 2 is 1.77 bits per heavy atom. The van der Waals surface area contributed by atoms with E-state index in [0.29, 0.717) is 0 Å². The first-order chi connectivity index (χ1) is 6.37. The Bertz CT molecular complexity index is 179. The van der Waals surface area contributed by atoms with Crippen LogP contribution in [0.15, 0.2) is 0 Å². The third-order valence-electron chi connectivity index (χ3n) is 3.83. The molecule has 1 heterocycles. The normalized spacial score (nSPS) is 28.9. The number of carbonyl (C=O) groups is 1. The molecule has 0 unspecified atom stereocenters. The molecule has 0 spiro atoms. The minimum Gasteiger partial charge on any atom is -0.303 e. The highest BCUT2D eigenvalue weighted by Crippen LogP contribution is 2.46. The first-order valence-electron chi connectivity index (χ1n) is 5.41.